The van der Waals surface area contributed by atoms with Crippen LogP contribution in [0.4, 0.5) is 0 Å². The lowest BCUT2D eigenvalue weighted by molar-refractivity contribution is 0.140. The molecule has 0 bridgehead atoms. The summed E-state index contributed by atoms with van der Waals surface area (Å²) in [6, 6.07) is 0. The Bertz CT molecular complexity index is 63.9. The van der Waals surface area contributed by atoms with Crippen LogP contribution in [0.25, 0.3) is 0 Å². The van der Waals surface area contributed by atoms with Crippen molar-refractivity contribution in [2.45, 2.75) is 12.8 Å². The van der Waals surface area contributed by atoms with Crippen LogP contribution in [0.15, 0.2) is 12.7 Å². The molecule has 0 spiro atoms. The normalized spacial score (nSPS) is 9.44. The summed E-state index contributed by atoms with van der Waals surface area (Å²) in [5.41, 5.74) is 0. The monoisotopic (exact) mass is 146 g/mol. The summed E-state index contributed by atoms with van der Waals surface area (Å²) >= 11 is 0. The van der Waals surface area contributed by atoms with E-state index in [2.05, 4.69) is 15.8 Å². The first-order valence-electron chi connectivity index (χ1n) is 3.30. The largest absolute Gasteiger partial charge is 0.381 e. The summed E-state index contributed by atoms with van der Waals surface area (Å²) in [5.74, 6) is 0. The number of ether oxygens (including phenoxy) is 1. The van der Waals surface area contributed by atoms with Crippen LogP contribution in [-0.2, 0) is 4.74 Å². The first-order chi connectivity index (χ1) is 4.41. The SMILES string of the molecule is C=CCCOCCCP. The summed E-state index contributed by atoms with van der Waals surface area (Å²) in [5, 5.41) is 0. The Labute approximate surface area is 59.7 Å². The van der Waals surface area contributed by atoms with Crippen LogP contribution in [0.5, 0.6) is 0 Å². The third-order valence-corrected chi connectivity index (χ3v) is 1.37. The third kappa shape index (κ3) is 8.13. The molecule has 2 heteroatoms. The maximum Gasteiger partial charge on any atom is 0.0500 e. The molecule has 0 aliphatic carbocycles. The smallest absolute Gasteiger partial charge is 0.0500 e. The lowest BCUT2D eigenvalue weighted by Crippen LogP contribution is -1.95. The lowest BCUT2D eigenvalue weighted by Gasteiger charge is -1.98. The summed E-state index contributed by atoms with van der Waals surface area (Å²) in [6.45, 7) is 5.31. The van der Waals surface area contributed by atoms with E-state index >= 15 is 0 Å². The molecule has 0 fully saturated rings. The van der Waals surface area contributed by atoms with Crippen LogP contribution < -0.4 is 0 Å². The van der Waals surface area contributed by atoms with E-state index in [4.69, 9.17) is 4.74 Å². The number of rotatable bonds is 6. The van der Waals surface area contributed by atoms with Crippen molar-refractivity contribution in [2.75, 3.05) is 19.4 Å². The molecule has 1 unspecified atom stereocenters. The number of hydrogen-bond donors (Lipinski definition) is 0. The molecule has 0 saturated heterocycles. The minimum Gasteiger partial charge on any atom is -0.381 e. The molecule has 9 heavy (non-hydrogen) atoms. The Hall–Kier alpha value is 0.130. The molecule has 1 atom stereocenters. The van der Waals surface area contributed by atoms with Crippen LogP contribution in [-0.4, -0.2) is 19.4 Å². The van der Waals surface area contributed by atoms with Gasteiger partial charge in [0.05, 0.1) is 0 Å². The van der Waals surface area contributed by atoms with Gasteiger partial charge >= 0.3 is 0 Å². The Balaban J connectivity index is 2.66. The minimum atomic E-state index is 0.828. The fourth-order valence-electron chi connectivity index (χ4n) is 0.454. The molecule has 0 aromatic heterocycles. The Morgan fingerprint density at radius 3 is 2.78 bits per heavy atom. The molecular weight excluding hydrogens is 131 g/mol. The van der Waals surface area contributed by atoms with Gasteiger partial charge in [0.25, 0.3) is 0 Å². The first-order valence-corrected chi connectivity index (χ1v) is 4.12. The van der Waals surface area contributed by atoms with Crippen LogP contribution >= 0.6 is 9.24 Å². The summed E-state index contributed by atoms with van der Waals surface area (Å²) in [4.78, 5) is 0. The van der Waals surface area contributed by atoms with Gasteiger partial charge in [-0.3, -0.25) is 0 Å². The van der Waals surface area contributed by atoms with E-state index in [1.165, 1.54) is 0 Å². The van der Waals surface area contributed by atoms with Crippen molar-refractivity contribution in [3.63, 3.8) is 0 Å². The zero-order valence-electron chi connectivity index (χ0n) is 5.81. The second-order valence-electron chi connectivity index (χ2n) is 1.83. The maximum absolute atomic E-state index is 5.23. The van der Waals surface area contributed by atoms with Crippen molar-refractivity contribution >= 4 is 9.24 Å². The third-order valence-electron chi connectivity index (χ3n) is 0.959. The Morgan fingerprint density at radius 2 is 2.22 bits per heavy atom. The van der Waals surface area contributed by atoms with Crippen LogP contribution in [0.1, 0.15) is 12.8 Å². The van der Waals surface area contributed by atoms with Crippen molar-refractivity contribution < 1.29 is 4.74 Å². The molecule has 0 aromatic rings. The van der Waals surface area contributed by atoms with Crippen molar-refractivity contribution in [3.05, 3.63) is 12.7 Å². The average molecular weight is 146 g/mol. The highest BCUT2D eigenvalue weighted by atomic mass is 31.0. The van der Waals surface area contributed by atoms with E-state index in [-0.39, 0.29) is 0 Å². The standard InChI is InChI=1S/C7H15OP/c1-2-3-5-8-6-4-7-9/h2H,1,3-7,9H2. The van der Waals surface area contributed by atoms with E-state index in [1.54, 1.807) is 0 Å². The van der Waals surface area contributed by atoms with Crippen molar-refractivity contribution in [3.8, 4) is 0 Å². The van der Waals surface area contributed by atoms with Gasteiger partial charge in [0.1, 0.15) is 0 Å². The molecule has 1 nitrogen and oxygen atoms in total. The fourth-order valence-corrected chi connectivity index (χ4v) is 0.621. The fraction of sp³-hybridized carbons (Fsp3) is 0.714. The molecule has 0 rings (SSSR count). The molecule has 0 aliphatic rings. The summed E-state index contributed by atoms with van der Waals surface area (Å²) in [6.07, 6.45) is 5.12. The van der Waals surface area contributed by atoms with E-state index in [9.17, 15) is 0 Å². The molecule has 0 aromatic carbocycles. The second kappa shape index (κ2) is 8.13. The van der Waals surface area contributed by atoms with Gasteiger partial charge in [0, 0.05) is 13.2 Å². The van der Waals surface area contributed by atoms with Crippen LogP contribution in [0.3, 0.4) is 0 Å². The van der Waals surface area contributed by atoms with E-state index in [0.717, 1.165) is 32.2 Å². The van der Waals surface area contributed by atoms with Gasteiger partial charge in [-0.15, -0.1) is 15.8 Å². The maximum atomic E-state index is 5.23. The van der Waals surface area contributed by atoms with E-state index in [0.29, 0.717) is 0 Å². The van der Waals surface area contributed by atoms with E-state index in [1.807, 2.05) is 6.08 Å². The molecule has 0 N–H and O–H groups in total. The first kappa shape index (κ1) is 9.13. The highest BCUT2D eigenvalue weighted by molar-refractivity contribution is 7.16. The lowest BCUT2D eigenvalue weighted by atomic mass is 10.4. The van der Waals surface area contributed by atoms with Gasteiger partial charge in [0.2, 0.25) is 0 Å². The van der Waals surface area contributed by atoms with Gasteiger partial charge in [-0.25, -0.2) is 0 Å². The molecule has 0 saturated carbocycles. The average Bonchev–Trinajstić information content (AvgIpc) is 1.89. The molecular formula is C7H15OP. The highest BCUT2D eigenvalue weighted by Gasteiger charge is 1.83. The molecule has 0 radical (unpaired) electrons. The zero-order valence-corrected chi connectivity index (χ0v) is 6.96. The summed E-state index contributed by atoms with van der Waals surface area (Å²) in [7, 11) is 2.68. The highest BCUT2D eigenvalue weighted by Crippen LogP contribution is 1.90. The topological polar surface area (TPSA) is 9.23 Å². The van der Waals surface area contributed by atoms with Crippen molar-refractivity contribution in [2.24, 2.45) is 0 Å². The molecule has 54 valence electrons. The minimum absolute atomic E-state index is 0.828. The zero-order chi connectivity index (χ0) is 6.95. The van der Waals surface area contributed by atoms with E-state index < -0.39 is 0 Å². The molecule has 0 aliphatic heterocycles. The van der Waals surface area contributed by atoms with Crippen LogP contribution in [0, 0.1) is 0 Å². The summed E-state index contributed by atoms with van der Waals surface area (Å²) < 4.78 is 5.23. The van der Waals surface area contributed by atoms with Gasteiger partial charge in [-0.1, -0.05) is 6.08 Å². The van der Waals surface area contributed by atoms with Gasteiger partial charge < -0.3 is 4.74 Å². The van der Waals surface area contributed by atoms with Crippen molar-refractivity contribution in [1.82, 2.24) is 0 Å². The Morgan fingerprint density at radius 1 is 1.44 bits per heavy atom. The molecule has 0 amide bonds. The van der Waals surface area contributed by atoms with Crippen LogP contribution in [0.2, 0.25) is 0 Å². The van der Waals surface area contributed by atoms with Gasteiger partial charge in [-0.05, 0) is 19.0 Å². The quantitative estimate of drug-likeness (QED) is 0.315. The van der Waals surface area contributed by atoms with Gasteiger partial charge in [0.15, 0.2) is 0 Å². The number of hydrogen-bond acceptors (Lipinski definition) is 1. The molecule has 0 heterocycles. The van der Waals surface area contributed by atoms with Crippen molar-refractivity contribution in [1.29, 1.82) is 0 Å². The predicted octanol–water partition coefficient (Wildman–Crippen LogP) is 1.84. The Kier molecular flexibility index (Phi) is 8.25. The second-order valence-corrected chi connectivity index (χ2v) is 2.41. The van der Waals surface area contributed by atoms with Gasteiger partial charge in [-0.2, -0.15) is 0 Å². The predicted molar refractivity (Wildman–Crippen MR) is 44.8 cm³/mol.